The van der Waals surface area contributed by atoms with Gasteiger partial charge in [-0.05, 0) is 59.3 Å². The van der Waals surface area contributed by atoms with E-state index in [9.17, 15) is 9.59 Å². The van der Waals surface area contributed by atoms with Crippen molar-refractivity contribution in [3.8, 4) is 0 Å². The average molecular weight is 335 g/mol. The van der Waals surface area contributed by atoms with Gasteiger partial charge in [0.1, 0.15) is 0 Å². The van der Waals surface area contributed by atoms with Crippen LogP contribution in [0.4, 0.5) is 0 Å². The first-order valence-electron chi connectivity index (χ1n) is 9.73. The summed E-state index contributed by atoms with van der Waals surface area (Å²) in [6.07, 6.45) is 5.10. The Morgan fingerprint density at radius 1 is 1.12 bits per heavy atom. The Labute approximate surface area is 146 Å². The summed E-state index contributed by atoms with van der Waals surface area (Å²) in [5.41, 5.74) is 0. The van der Waals surface area contributed by atoms with Gasteiger partial charge in [-0.3, -0.25) is 14.5 Å². The number of hydrogen-bond donors (Lipinski definition) is 0. The second kappa shape index (κ2) is 7.03. The van der Waals surface area contributed by atoms with Crippen LogP contribution in [-0.2, 0) is 9.59 Å². The Morgan fingerprint density at radius 2 is 1.79 bits per heavy atom. The maximum atomic E-state index is 12.7. The molecule has 2 aliphatic heterocycles. The SMILES string of the molecule is CC(C)N(C(=O)CN1CCC2C(CCC(=O)N2C2CC2)C1)C(C)C. The fourth-order valence-electron chi connectivity index (χ4n) is 4.78. The van der Waals surface area contributed by atoms with Crippen LogP contribution in [0.15, 0.2) is 0 Å². The molecular formula is C19H33N3O2. The van der Waals surface area contributed by atoms with E-state index in [0.29, 0.717) is 36.9 Å². The number of carbonyl (C=O) groups excluding carboxylic acids is 2. The van der Waals surface area contributed by atoms with Crippen LogP contribution in [0, 0.1) is 5.92 Å². The lowest BCUT2D eigenvalue weighted by Crippen LogP contribution is -2.58. The predicted octanol–water partition coefficient (Wildman–Crippen LogP) is 2.11. The summed E-state index contributed by atoms with van der Waals surface area (Å²) in [5, 5.41) is 0. The lowest BCUT2D eigenvalue weighted by molar-refractivity contribution is -0.144. The molecule has 2 unspecified atom stereocenters. The van der Waals surface area contributed by atoms with Crippen molar-refractivity contribution < 1.29 is 9.59 Å². The molecule has 0 bridgehead atoms. The van der Waals surface area contributed by atoms with E-state index in [1.807, 2.05) is 4.90 Å². The molecule has 1 aliphatic carbocycles. The topological polar surface area (TPSA) is 43.9 Å². The third-order valence-electron chi connectivity index (χ3n) is 5.85. The quantitative estimate of drug-likeness (QED) is 0.773. The van der Waals surface area contributed by atoms with E-state index >= 15 is 0 Å². The van der Waals surface area contributed by atoms with E-state index < -0.39 is 0 Å². The van der Waals surface area contributed by atoms with Crippen LogP contribution < -0.4 is 0 Å². The standard InChI is InChI=1S/C19H33N3O2/c1-13(2)21(14(3)4)19(24)12-20-10-9-17-15(11-20)5-8-18(23)22(17)16-6-7-16/h13-17H,5-12H2,1-4H3. The average Bonchev–Trinajstić information content (AvgIpc) is 3.31. The van der Waals surface area contributed by atoms with Gasteiger partial charge in [-0.25, -0.2) is 0 Å². The van der Waals surface area contributed by atoms with Crippen LogP contribution in [0.25, 0.3) is 0 Å². The number of likely N-dealkylation sites (tertiary alicyclic amines) is 2. The number of nitrogens with zero attached hydrogens (tertiary/aromatic N) is 3. The molecule has 0 aromatic carbocycles. The zero-order valence-electron chi connectivity index (χ0n) is 15.7. The molecule has 1 saturated carbocycles. The minimum atomic E-state index is 0.240. The van der Waals surface area contributed by atoms with Gasteiger partial charge < -0.3 is 9.80 Å². The molecule has 0 spiro atoms. The maximum Gasteiger partial charge on any atom is 0.237 e. The number of fused-ring (bicyclic) bond motifs is 1. The van der Waals surface area contributed by atoms with Gasteiger partial charge in [-0.2, -0.15) is 0 Å². The van der Waals surface area contributed by atoms with Crippen LogP contribution in [0.5, 0.6) is 0 Å². The van der Waals surface area contributed by atoms with E-state index in [2.05, 4.69) is 37.5 Å². The van der Waals surface area contributed by atoms with Crippen molar-refractivity contribution in [2.45, 2.75) is 84.0 Å². The van der Waals surface area contributed by atoms with Gasteiger partial charge >= 0.3 is 0 Å². The molecule has 0 radical (unpaired) electrons. The monoisotopic (exact) mass is 335 g/mol. The van der Waals surface area contributed by atoms with Crippen molar-refractivity contribution in [1.29, 1.82) is 0 Å². The van der Waals surface area contributed by atoms with Crippen molar-refractivity contribution in [1.82, 2.24) is 14.7 Å². The molecule has 2 saturated heterocycles. The summed E-state index contributed by atoms with van der Waals surface area (Å²) in [6.45, 7) is 10.8. The van der Waals surface area contributed by atoms with Gasteiger partial charge in [0.15, 0.2) is 0 Å². The van der Waals surface area contributed by atoms with Gasteiger partial charge in [0.05, 0.1) is 6.54 Å². The van der Waals surface area contributed by atoms with Crippen molar-refractivity contribution in [2.24, 2.45) is 5.92 Å². The molecule has 2 amide bonds. The summed E-state index contributed by atoms with van der Waals surface area (Å²) in [7, 11) is 0. The molecule has 0 N–H and O–H groups in total. The van der Waals surface area contributed by atoms with Crippen molar-refractivity contribution in [3.63, 3.8) is 0 Å². The number of rotatable bonds is 5. The summed E-state index contributed by atoms with van der Waals surface area (Å²) in [4.78, 5) is 31.5. The molecule has 24 heavy (non-hydrogen) atoms. The highest BCUT2D eigenvalue weighted by molar-refractivity contribution is 5.79. The highest BCUT2D eigenvalue weighted by Gasteiger charge is 2.45. The largest absolute Gasteiger partial charge is 0.337 e. The number of carbonyl (C=O) groups is 2. The molecule has 2 heterocycles. The lowest BCUT2D eigenvalue weighted by atomic mass is 9.83. The van der Waals surface area contributed by atoms with E-state index in [4.69, 9.17) is 0 Å². The van der Waals surface area contributed by atoms with Gasteiger partial charge in [0, 0.05) is 43.7 Å². The Hall–Kier alpha value is -1.10. The first-order valence-corrected chi connectivity index (χ1v) is 9.73. The molecule has 136 valence electrons. The molecular weight excluding hydrogens is 302 g/mol. The summed E-state index contributed by atoms with van der Waals surface area (Å²) < 4.78 is 0. The second-order valence-electron chi connectivity index (χ2n) is 8.41. The lowest BCUT2D eigenvalue weighted by Gasteiger charge is -2.47. The van der Waals surface area contributed by atoms with Gasteiger partial charge in [-0.1, -0.05) is 0 Å². The Kier molecular flexibility index (Phi) is 5.19. The van der Waals surface area contributed by atoms with E-state index in [1.54, 1.807) is 0 Å². The Morgan fingerprint density at radius 3 is 2.38 bits per heavy atom. The molecule has 5 heteroatoms. The molecule has 0 aromatic rings. The summed E-state index contributed by atoms with van der Waals surface area (Å²) in [5.74, 6) is 1.16. The number of amides is 2. The molecule has 0 aromatic heterocycles. The highest BCUT2D eigenvalue weighted by atomic mass is 16.2. The summed E-state index contributed by atoms with van der Waals surface area (Å²) >= 11 is 0. The smallest absolute Gasteiger partial charge is 0.237 e. The molecule has 3 fully saturated rings. The van der Waals surface area contributed by atoms with Gasteiger partial charge in [-0.15, -0.1) is 0 Å². The highest BCUT2D eigenvalue weighted by Crippen LogP contribution is 2.38. The predicted molar refractivity (Wildman–Crippen MR) is 94.6 cm³/mol. The molecule has 5 nitrogen and oxygen atoms in total. The van der Waals surface area contributed by atoms with Crippen LogP contribution in [0.3, 0.4) is 0 Å². The van der Waals surface area contributed by atoms with Gasteiger partial charge in [0.25, 0.3) is 0 Å². The van der Waals surface area contributed by atoms with E-state index in [1.165, 1.54) is 12.8 Å². The number of hydrogen-bond acceptors (Lipinski definition) is 3. The zero-order chi connectivity index (χ0) is 17.4. The first kappa shape index (κ1) is 17.7. The molecule has 3 rings (SSSR count). The molecule has 2 atom stereocenters. The van der Waals surface area contributed by atoms with Crippen molar-refractivity contribution >= 4 is 11.8 Å². The second-order valence-corrected chi connectivity index (χ2v) is 8.41. The Bertz CT molecular complexity index is 479. The van der Waals surface area contributed by atoms with Crippen LogP contribution >= 0.6 is 0 Å². The minimum absolute atomic E-state index is 0.240. The van der Waals surface area contributed by atoms with Crippen molar-refractivity contribution in [2.75, 3.05) is 19.6 Å². The number of piperidine rings is 2. The normalized spacial score (nSPS) is 28.4. The van der Waals surface area contributed by atoms with Crippen LogP contribution in [0.2, 0.25) is 0 Å². The maximum absolute atomic E-state index is 12.7. The van der Waals surface area contributed by atoms with Gasteiger partial charge in [0.2, 0.25) is 11.8 Å². The van der Waals surface area contributed by atoms with Crippen molar-refractivity contribution in [3.05, 3.63) is 0 Å². The van der Waals surface area contributed by atoms with E-state index in [0.717, 1.165) is 25.9 Å². The molecule has 3 aliphatic rings. The minimum Gasteiger partial charge on any atom is -0.337 e. The van der Waals surface area contributed by atoms with Crippen LogP contribution in [-0.4, -0.2) is 70.3 Å². The third-order valence-corrected chi connectivity index (χ3v) is 5.85. The fraction of sp³-hybridized carbons (Fsp3) is 0.895. The first-order chi connectivity index (χ1) is 11.4. The Balaban J connectivity index is 1.59. The zero-order valence-corrected chi connectivity index (χ0v) is 15.7. The van der Waals surface area contributed by atoms with E-state index in [-0.39, 0.29) is 18.0 Å². The summed E-state index contributed by atoms with van der Waals surface area (Å²) in [6, 6.07) is 1.44. The third kappa shape index (κ3) is 3.61. The van der Waals surface area contributed by atoms with Crippen LogP contribution in [0.1, 0.15) is 59.8 Å². The fourth-order valence-corrected chi connectivity index (χ4v) is 4.78.